The van der Waals surface area contributed by atoms with Gasteiger partial charge in [-0.1, -0.05) is 19.9 Å². The van der Waals surface area contributed by atoms with Crippen LogP contribution < -0.4 is 5.32 Å². The van der Waals surface area contributed by atoms with Gasteiger partial charge in [-0.25, -0.2) is 0 Å². The van der Waals surface area contributed by atoms with Crippen molar-refractivity contribution in [2.24, 2.45) is 0 Å². The number of aromatic nitrogens is 1. The molecule has 0 saturated heterocycles. The molecule has 0 saturated carbocycles. The molecule has 5 heteroatoms. The first-order valence-corrected chi connectivity index (χ1v) is 5.69. The van der Waals surface area contributed by atoms with Crippen molar-refractivity contribution in [2.75, 3.05) is 26.2 Å². The molecule has 1 aromatic rings. The average Bonchev–Trinajstić information content (AvgIpc) is 2.35. The molecule has 17 heavy (non-hydrogen) atoms. The zero-order valence-electron chi connectivity index (χ0n) is 10.3. The van der Waals surface area contributed by atoms with Crippen LogP contribution in [0.3, 0.4) is 0 Å². The normalized spacial score (nSPS) is 9.82. The van der Waals surface area contributed by atoms with Gasteiger partial charge in [-0.3, -0.25) is 9.78 Å². The topological polar surface area (TPSA) is 45.2 Å². The summed E-state index contributed by atoms with van der Waals surface area (Å²) in [6.45, 7) is 7.79. The van der Waals surface area contributed by atoms with E-state index in [0.717, 1.165) is 19.6 Å². The molecule has 0 aliphatic carbocycles. The molecule has 0 aliphatic heterocycles. The van der Waals surface area contributed by atoms with Crippen molar-refractivity contribution >= 4 is 18.3 Å². The Morgan fingerprint density at radius 1 is 1.35 bits per heavy atom. The van der Waals surface area contributed by atoms with Crippen LogP contribution in [0.5, 0.6) is 0 Å². The molecule has 0 aliphatic rings. The van der Waals surface area contributed by atoms with Crippen LogP contribution >= 0.6 is 12.4 Å². The first kappa shape index (κ1) is 15.9. The van der Waals surface area contributed by atoms with Gasteiger partial charge >= 0.3 is 0 Å². The smallest absolute Gasteiger partial charge is 0.269 e. The SMILES string of the molecule is CCN(CC)CCNC(=O)c1ccccn1.Cl. The third kappa shape index (κ3) is 5.65. The number of amides is 1. The van der Waals surface area contributed by atoms with E-state index in [0.29, 0.717) is 12.2 Å². The Hall–Kier alpha value is -1.13. The Labute approximate surface area is 109 Å². The maximum Gasteiger partial charge on any atom is 0.269 e. The molecule has 96 valence electrons. The average molecular weight is 258 g/mol. The van der Waals surface area contributed by atoms with Crippen LogP contribution in [-0.2, 0) is 0 Å². The fraction of sp³-hybridized carbons (Fsp3) is 0.500. The van der Waals surface area contributed by atoms with E-state index in [1.54, 1.807) is 18.3 Å². The van der Waals surface area contributed by atoms with Crippen LogP contribution in [-0.4, -0.2) is 42.0 Å². The van der Waals surface area contributed by atoms with Crippen molar-refractivity contribution in [3.63, 3.8) is 0 Å². The van der Waals surface area contributed by atoms with Crippen LogP contribution in [0.4, 0.5) is 0 Å². The van der Waals surface area contributed by atoms with Crippen LogP contribution in [0.25, 0.3) is 0 Å². The lowest BCUT2D eigenvalue weighted by Gasteiger charge is -2.17. The molecule has 0 bridgehead atoms. The number of rotatable bonds is 6. The fourth-order valence-corrected chi connectivity index (χ4v) is 1.46. The quantitative estimate of drug-likeness (QED) is 0.842. The lowest BCUT2D eigenvalue weighted by Crippen LogP contribution is -2.35. The van der Waals surface area contributed by atoms with E-state index in [1.165, 1.54) is 0 Å². The summed E-state index contributed by atoms with van der Waals surface area (Å²) in [5, 5.41) is 2.85. The highest BCUT2D eigenvalue weighted by atomic mass is 35.5. The highest BCUT2D eigenvalue weighted by Gasteiger charge is 2.05. The molecule has 0 radical (unpaired) electrons. The van der Waals surface area contributed by atoms with Gasteiger partial charge in [0.25, 0.3) is 5.91 Å². The second-order valence-electron chi connectivity index (χ2n) is 3.50. The number of likely N-dealkylation sites (N-methyl/N-ethyl adjacent to an activating group) is 1. The summed E-state index contributed by atoms with van der Waals surface area (Å²) in [5.41, 5.74) is 0.474. The molecule has 4 nitrogen and oxygen atoms in total. The minimum absolute atomic E-state index is 0. The van der Waals surface area contributed by atoms with Crippen LogP contribution in [0.1, 0.15) is 24.3 Å². The van der Waals surface area contributed by atoms with Crippen molar-refractivity contribution in [3.05, 3.63) is 30.1 Å². The van der Waals surface area contributed by atoms with Gasteiger partial charge in [0.15, 0.2) is 0 Å². The number of hydrogen-bond donors (Lipinski definition) is 1. The number of nitrogens with zero attached hydrogens (tertiary/aromatic N) is 2. The summed E-state index contributed by atoms with van der Waals surface area (Å²) >= 11 is 0. The maximum atomic E-state index is 11.6. The van der Waals surface area contributed by atoms with E-state index in [4.69, 9.17) is 0 Å². The van der Waals surface area contributed by atoms with E-state index >= 15 is 0 Å². The minimum Gasteiger partial charge on any atom is -0.349 e. The standard InChI is InChI=1S/C12H19N3O.ClH/c1-3-15(4-2)10-9-14-12(16)11-7-5-6-8-13-11;/h5-8H,3-4,9-10H2,1-2H3,(H,14,16);1H. The van der Waals surface area contributed by atoms with Gasteiger partial charge in [0, 0.05) is 19.3 Å². The van der Waals surface area contributed by atoms with Crippen LogP contribution in [0.15, 0.2) is 24.4 Å². The predicted octanol–water partition coefficient (Wildman–Crippen LogP) is 1.57. The first-order chi connectivity index (χ1) is 7.77. The fourth-order valence-electron chi connectivity index (χ4n) is 1.46. The van der Waals surface area contributed by atoms with E-state index in [1.807, 2.05) is 6.07 Å². The number of pyridine rings is 1. The highest BCUT2D eigenvalue weighted by Crippen LogP contribution is 1.92. The van der Waals surface area contributed by atoms with Gasteiger partial charge in [0.1, 0.15) is 5.69 Å². The van der Waals surface area contributed by atoms with Crippen LogP contribution in [0.2, 0.25) is 0 Å². The molecule has 0 fully saturated rings. The molecule has 0 aromatic carbocycles. The van der Waals surface area contributed by atoms with Crippen molar-refractivity contribution < 1.29 is 4.79 Å². The van der Waals surface area contributed by atoms with Crippen LogP contribution in [0, 0.1) is 0 Å². The van der Waals surface area contributed by atoms with E-state index < -0.39 is 0 Å². The van der Waals surface area contributed by atoms with E-state index in [-0.39, 0.29) is 18.3 Å². The zero-order chi connectivity index (χ0) is 11.8. The Balaban J connectivity index is 0.00000256. The molecular weight excluding hydrogens is 238 g/mol. The summed E-state index contributed by atoms with van der Waals surface area (Å²) in [6.07, 6.45) is 1.62. The number of carbonyl (C=O) groups is 1. The summed E-state index contributed by atoms with van der Waals surface area (Å²) < 4.78 is 0. The molecule has 1 rings (SSSR count). The third-order valence-corrected chi connectivity index (χ3v) is 2.51. The van der Waals surface area contributed by atoms with E-state index in [9.17, 15) is 4.79 Å². The summed E-state index contributed by atoms with van der Waals surface area (Å²) in [6, 6.07) is 5.33. The van der Waals surface area contributed by atoms with Crippen molar-refractivity contribution in [1.82, 2.24) is 15.2 Å². The van der Waals surface area contributed by atoms with Gasteiger partial charge < -0.3 is 10.2 Å². The van der Waals surface area contributed by atoms with Gasteiger partial charge in [-0.2, -0.15) is 0 Å². The molecule has 0 unspecified atom stereocenters. The monoisotopic (exact) mass is 257 g/mol. The van der Waals surface area contributed by atoms with Crippen molar-refractivity contribution in [2.45, 2.75) is 13.8 Å². The molecular formula is C12H20ClN3O. The lowest BCUT2D eigenvalue weighted by atomic mass is 10.3. The van der Waals surface area contributed by atoms with Gasteiger partial charge in [-0.05, 0) is 25.2 Å². The zero-order valence-corrected chi connectivity index (χ0v) is 11.2. The van der Waals surface area contributed by atoms with Crippen molar-refractivity contribution in [3.8, 4) is 0 Å². The number of carbonyl (C=O) groups excluding carboxylic acids is 1. The Kier molecular flexibility index (Phi) is 8.36. The summed E-state index contributed by atoms with van der Waals surface area (Å²) in [7, 11) is 0. The maximum absolute atomic E-state index is 11.6. The second kappa shape index (κ2) is 8.96. The molecule has 1 amide bonds. The largest absolute Gasteiger partial charge is 0.349 e. The van der Waals surface area contributed by atoms with Gasteiger partial charge in [-0.15, -0.1) is 12.4 Å². The molecule has 0 spiro atoms. The molecule has 1 N–H and O–H groups in total. The van der Waals surface area contributed by atoms with Gasteiger partial charge in [0.05, 0.1) is 0 Å². The number of nitrogens with one attached hydrogen (secondary N) is 1. The van der Waals surface area contributed by atoms with Crippen molar-refractivity contribution in [1.29, 1.82) is 0 Å². The molecule has 1 aromatic heterocycles. The molecule has 1 heterocycles. The van der Waals surface area contributed by atoms with Gasteiger partial charge in [0.2, 0.25) is 0 Å². The second-order valence-corrected chi connectivity index (χ2v) is 3.50. The number of halogens is 1. The molecule has 0 atom stereocenters. The Morgan fingerprint density at radius 2 is 2.06 bits per heavy atom. The lowest BCUT2D eigenvalue weighted by molar-refractivity contribution is 0.0944. The Morgan fingerprint density at radius 3 is 2.59 bits per heavy atom. The Bertz CT molecular complexity index is 315. The summed E-state index contributed by atoms with van der Waals surface area (Å²) in [5.74, 6) is -0.104. The first-order valence-electron chi connectivity index (χ1n) is 5.69. The highest BCUT2D eigenvalue weighted by molar-refractivity contribution is 5.92. The summed E-state index contributed by atoms with van der Waals surface area (Å²) in [4.78, 5) is 17.9. The minimum atomic E-state index is -0.104. The predicted molar refractivity (Wildman–Crippen MR) is 71.6 cm³/mol. The number of hydrogen-bond acceptors (Lipinski definition) is 3. The third-order valence-electron chi connectivity index (χ3n) is 2.51. The van der Waals surface area contributed by atoms with E-state index in [2.05, 4.69) is 29.0 Å².